The monoisotopic (exact) mass is 259 g/mol. The molecule has 2 rings (SSSR count). The number of halogens is 1. The maximum Gasteiger partial charge on any atom is 0.126 e. The van der Waals surface area contributed by atoms with E-state index >= 15 is 0 Å². The number of hydrogen-bond acceptors (Lipinski definition) is 2. The summed E-state index contributed by atoms with van der Waals surface area (Å²) in [6.45, 7) is 3.65. The molecule has 0 radical (unpaired) electrons. The minimum Gasteiger partial charge on any atom is -0.497 e. The average molecular weight is 259 g/mol. The Labute approximate surface area is 113 Å². The molecule has 0 fully saturated rings. The summed E-state index contributed by atoms with van der Waals surface area (Å²) in [6.07, 6.45) is 0. The summed E-state index contributed by atoms with van der Waals surface area (Å²) in [5.74, 6) is 0.540. The van der Waals surface area contributed by atoms with Crippen LogP contribution in [0, 0.1) is 12.7 Å². The van der Waals surface area contributed by atoms with Gasteiger partial charge in [-0.05, 0) is 48.7 Å². The quantitative estimate of drug-likeness (QED) is 0.917. The Hall–Kier alpha value is -1.87. The van der Waals surface area contributed by atoms with E-state index < -0.39 is 5.54 Å². The molecule has 100 valence electrons. The van der Waals surface area contributed by atoms with E-state index in [0.29, 0.717) is 5.56 Å². The Morgan fingerprint density at radius 1 is 1.11 bits per heavy atom. The first-order chi connectivity index (χ1) is 8.95. The topological polar surface area (TPSA) is 35.2 Å². The normalized spacial score (nSPS) is 13.9. The molecule has 0 aliphatic carbocycles. The van der Waals surface area contributed by atoms with Crippen molar-refractivity contribution < 1.29 is 9.13 Å². The zero-order valence-corrected chi connectivity index (χ0v) is 11.4. The van der Waals surface area contributed by atoms with E-state index in [1.54, 1.807) is 26.2 Å². The molecule has 0 saturated heterocycles. The second-order valence-electron chi connectivity index (χ2n) is 4.90. The lowest BCUT2D eigenvalue weighted by Crippen LogP contribution is -2.34. The fourth-order valence-electron chi connectivity index (χ4n) is 2.08. The summed E-state index contributed by atoms with van der Waals surface area (Å²) >= 11 is 0. The lowest BCUT2D eigenvalue weighted by Gasteiger charge is -2.26. The van der Waals surface area contributed by atoms with E-state index in [1.165, 1.54) is 6.07 Å². The van der Waals surface area contributed by atoms with Gasteiger partial charge in [0.25, 0.3) is 0 Å². The van der Waals surface area contributed by atoms with Crippen molar-refractivity contribution in [3.63, 3.8) is 0 Å². The molecule has 0 amide bonds. The summed E-state index contributed by atoms with van der Waals surface area (Å²) in [7, 11) is 1.62. The van der Waals surface area contributed by atoms with E-state index in [9.17, 15) is 4.39 Å². The van der Waals surface area contributed by atoms with Crippen molar-refractivity contribution in [2.75, 3.05) is 7.11 Å². The highest BCUT2D eigenvalue weighted by atomic mass is 19.1. The average Bonchev–Trinajstić information content (AvgIpc) is 2.41. The Balaban J connectivity index is 2.47. The predicted molar refractivity (Wildman–Crippen MR) is 74.8 cm³/mol. The van der Waals surface area contributed by atoms with Crippen molar-refractivity contribution in [2.45, 2.75) is 19.4 Å². The number of aryl methyl sites for hydroxylation is 1. The van der Waals surface area contributed by atoms with Crippen molar-refractivity contribution in [1.29, 1.82) is 0 Å². The number of methoxy groups -OCH3 is 1. The van der Waals surface area contributed by atoms with Crippen molar-refractivity contribution in [1.82, 2.24) is 0 Å². The SMILES string of the molecule is COc1cccc(C(C)(N)c2ccc(F)c(C)c2)c1. The van der Waals surface area contributed by atoms with Gasteiger partial charge in [-0.2, -0.15) is 0 Å². The lowest BCUT2D eigenvalue weighted by atomic mass is 9.85. The van der Waals surface area contributed by atoms with E-state index in [-0.39, 0.29) is 5.82 Å². The molecule has 2 N–H and O–H groups in total. The highest BCUT2D eigenvalue weighted by Gasteiger charge is 2.24. The number of rotatable bonds is 3. The minimum absolute atomic E-state index is 0.217. The Morgan fingerprint density at radius 3 is 2.42 bits per heavy atom. The first-order valence-electron chi connectivity index (χ1n) is 6.15. The Kier molecular flexibility index (Phi) is 3.58. The molecule has 0 aliphatic heterocycles. The van der Waals surface area contributed by atoms with Crippen LogP contribution in [0.25, 0.3) is 0 Å². The van der Waals surface area contributed by atoms with Gasteiger partial charge in [0.2, 0.25) is 0 Å². The van der Waals surface area contributed by atoms with E-state index in [1.807, 2.05) is 31.2 Å². The minimum atomic E-state index is -0.688. The Morgan fingerprint density at radius 2 is 1.79 bits per heavy atom. The molecule has 2 nitrogen and oxygen atoms in total. The second kappa shape index (κ2) is 5.02. The van der Waals surface area contributed by atoms with Gasteiger partial charge in [-0.3, -0.25) is 0 Å². The largest absolute Gasteiger partial charge is 0.497 e. The van der Waals surface area contributed by atoms with E-state index in [0.717, 1.165) is 16.9 Å². The fourth-order valence-corrected chi connectivity index (χ4v) is 2.08. The smallest absolute Gasteiger partial charge is 0.126 e. The number of ether oxygens (including phenoxy) is 1. The van der Waals surface area contributed by atoms with Gasteiger partial charge < -0.3 is 10.5 Å². The number of benzene rings is 2. The van der Waals surface area contributed by atoms with Gasteiger partial charge in [-0.15, -0.1) is 0 Å². The summed E-state index contributed by atoms with van der Waals surface area (Å²) in [6, 6.07) is 12.6. The lowest BCUT2D eigenvalue weighted by molar-refractivity contribution is 0.413. The molecule has 3 heteroatoms. The van der Waals surface area contributed by atoms with Crippen molar-refractivity contribution in [2.24, 2.45) is 5.73 Å². The van der Waals surface area contributed by atoms with Gasteiger partial charge in [0.1, 0.15) is 11.6 Å². The van der Waals surface area contributed by atoms with Gasteiger partial charge in [-0.1, -0.05) is 24.3 Å². The zero-order chi connectivity index (χ0) is 14.0. The van der Waals surface area contributed by atoms with Crippen LogP contribution in [0.3, 0.4) is 0 Å². The molecule has 0 aromatic heterocycles. The zero-order valence-electron chi connectivity index (χ0n) is 11.4. The number of nitrogens with two attached hydrogens (primary N) is 1. The molecule has 2 aromatic carbocycles. The second-order valence-corrected chi connectivity index (χ2v) is 4.90. The molecular formula is C16H18FNO. The molecule has 0 spiro atoms. The van der Waals surface area contributed by atoms with Crippen LogP contribution in [0.4, 0.5) is 4.39 Å². The maximum atomic E-state index is 13.3. The maximum absolute atomic E-state index is 13.3. The Bertz CT molecular complexity index is 593. The molecule has 1 atom stereocenters. The first kappa shape index (κ1) is 13.6. The van der Waals surface area contributed by atoms with Crippen molar-refractivity contribution in [3.8, 4) is 5.75 Å². The summed E-state index contributed by atoms with van der Waals surface area (Å²) in [4.78, 5) is 0. The molecule has 2 aromatic rings. The number of hydrogen-bond donors (Lipinski definition) is 1. The van der Waals surface area contributed by atoms with Crippen molar-refractivity contribution in [3.05, 3.63) is 65.0 Å². The van der Waals surface area contributed by atoms with Crippen LogP contribution < -0.4 is 10.5 Å². The third kappa shape index (κ3) is 2.61. The molecule has 0 bridgehead atoms. The van der Waals surface area contributed by atoms with E-state index in [2.05, 4.69) is 0 Å². The molecule has 0 saturated carbocycles. The van der Waals surface area contributed by atoms with Gasteiger partial charge in [0, 0.05) is 0 Å². The molecule has 1 unspecified atom stereocenters. The van der Waals surface area contributed by atoms with Crippen LogP contribution in [-0.2, 0) is 5.54 Å². The van der Waals surface area contributed by atoms with Crippen LogP contribution in [0.2, 0.25) is 0 Å². The van der Waals surface area contributed by atoms with Crippen LogP contribution >= 0.6 is 0 Å². The van der Waals surface area contributed by atoms with Crippen molar-refractivity contribution >= 4 is 0 Å². The van der Waals surface area contributed by atoms with Gasteiger partial charge in [0.15, 0.2) is 0 Å². The van der Waals surface area contributed by atoms with Gasteiger partial charge in [-0.25, -0.2) is 4.39 Å². The third-order valence-electron chi connectivity index (χ3n) is 3.43. The summed E-state index contributed by atoms with van der Waals surface area (Å²) in [5, 5.41) is 0. The predicted octanol–water partition coefficient (Wildman–Crippen LogP) is 3.36. The first-order valence-corrected chi connectivity index (χ1v) is 6.15. The van der Waals surface area contributed by atoms with E-state index in [4.69, 9.17) is 10.5 Å². The summed E-state index contributed by atoms with van der Waals surface area (Å²) < 4.78 is 18.6. The molecule has 0 heterocycles. The highest BCUT2D eigenvalue weighted by molar-refractivity contribution is 5.41. The van der Waals surface area contributed by atoms with Crippen LogP contribution in [-0.4, -0.2) is 7.11 Å². The van der Waals surface area contributed by atoms with Gasteiger partial charge >= 0.3 is 0 Å². The molecule has 0 aliphatic rings. The standard InChI is InChI=1S/C16H18FNO/c1-11-9-13(7-8-15(11)17)16(2,18)12-5-4-6-14(10-12)19-3/h4-10H,18H2,1-3H3. The summed E-state index contributed by atoms with van der Waals surface area (Å²) in [5.41, 5.74) is 8.13. The molecule has 19 heavy (non-hydrogen) atoms. The molecular weight excluding hydrogens is 241 g/mol. The fraction of sp³-hybridized carbons (Fsp3) is 0.250. The van der Waals surface area contributed by atoms with Crippen LogP contribution in [0.5, 0.6) is 5.75 Å². The third-order valence-corrected chi connectivity index (χ3v) is 3.43. The van der Waals surface area contributed by atoms with Crippen LogP contribution in [0.15, 0.2) is 42.5 Å². The highest BCUT2D eigenvalue weighted by Crippen LogP contribution is 2.29. The van der Waals surface area contributed by atoms with Crippen LogP contribution in [0.1, 0.15) is 23.6 Å². The van der Waals surface area contributed by atoms with Gasteiger partial charge in [0.05, 0.1) is 12.6 Å².